The SMILES string of the molecule is CCn1nc2c(OC)cccc2c1CN. The van der Waals surface area contributed by atoms with Crippen molar-refractivity contribution in [1.29, 1.82) is 0 Å². The summed E-state index contributed by atoms with van der Waals surface area (Å²) in [7, 11) is 1.65. The molecule has 0 spiro atoms. The summed E-state index contributed by atoms with van der Waals surface area (Å²) in [6.45, 7) is 3.37. The van der Waals surface area contributed by atoms with E-state index in [2.05, 4.69) is 12.0 Å². The lowest BCUT2D eigenvalue weighted by Gasteiger charge is -2.00. The number of methoxy groups -OCH3 is 1. The van der Waals surface area contributed by atoms with E-state index in [1.807, 2.05) is 22.9 Å². The van der Waals surface area contributed by atoms with Gasteiger partial charge < -0.3 is 10.5 Å². The van der Waals surface area contributed by atoms with Crippen molar-refractivity contribution in [1.82, 2.24) is 9.78 Å². The van der Waals surface area contributed by atoms with Crippen molar-refractivity contribution < 1.29 is 4.74 Å². The number of fused-ring (bicyclic) bond motifs is 1. The van der Waals surface area contributed by atoms with E-state index in [9.17, 15) is 0 Å². The van der Waals surface area contributed by atoms with Gasteiger partial charge in [-0.3, -0.25) is 4.68 Å². The Labute approximate surface area is 88.6 Å². The first kappa shape index (κ1) is 9.98. The largest absolute Gasteiger partial charge is 0.494 e. The molecule has 2 rings (SSSR count). The van der Waals surface area contributed by atoms with Gasteiger partial charge in [-0.25, -0.2) is 0 Å². The minimum Gasteiger partial charge on any atom is -0.494 e. The Hall–Kier alpha value is -1.55. The summed E-state index contributed by atoms with van der Waals surface area (Å²) in [5.41, 5.74) is 7.68. The fourth-order valence-corrected chi connectivity index (χ4v) is 1.82. The van der Waals surface area contributed by atoms with Crippen molar-refractivity contribution in [3.63, 3.8) is 0 Å². The third kappa shape index (κ3) is 1.47. The number of aryl methyl sites for hydroxylation is 1. The Morgan fingerprint density at radius 1 is 1.47 bits per heavy atom. The molecule has 1 aromatic carbocycles. The lowest BCUT2D eigenvalue weighted by atomic mass is 10.2. The maximum atomic E-state index is 5.73. The molecule has 15 heavy (non-hydrogen) atoms. The summed E-state index contributed by atoms with van der Waals surface area (Å²) in [6, 6.07) is 5.90. The van der Waals surface area contributed by atoms with Gasteiger partial charge in [0.25, 0.3) is 0 Å². The minimum atomic E-state index is 0.498. The van der Waals surface area contributed by atoms with Gasteiger partial charge in [-0.1, -0.05) is 12.1 Å². The predicted octanol–water partition coefficient (Wildman–Crippen LogP) is 1.52. The Morgan fingerprint density at radius 3 is 2.87 bits per heavy atom. The van der Waals surface area contributed by atoms with Crippen LogP contribution in [0.2, 0.25) is 0 Å². The van der Waals surface area contributed by atoms with Crippen LogP contribution in [0.3, 0.4) is 0 Å². The summed E-state index contributed by atoms with van der Waals surface area (Å²) in [5, 5.41) is 5.57. The molecule has 0 amide bonds. The van der Waals surface area contributed by atoms with Gasteiger partial charge in [0.05, 0.1) is 12.8 Å². The molecule has 4 heteroatoms. The third-order valence-corrected chi connectivity index (χ3v) is 2.55. The summed E-state index contributed by atoms with van der Waals surface area (Å²) in [4.78, 5) is 0. The van der Waals surface area contributed by atoms with Crippen LogP contribution in [0.25, 0.3) is 10.9 Å². The number of nitrogens with zero attached hydrogens (tertiary/aromatic N) is 2. The smallest absolute Gasteiger partial charge is 0.146 e. The number of hydrogen-bond acceptors (Lipinski definition) is 3. The third-order valence-electron chi connectivity index (χ3n) is 2.55. The molecule has 0 fully saturated rings. The number of aromatic nitrogens is 2. The van der Waals surface area contributed by atoms with Crippen molar-refractivity contribution in [3.05, 3.63) is 23.9 Å². The number of rotatable bonds is 3. The molecule has 1 aromatic heterocycles. The summed E-state index contributed by atoms with van der Waals surface area (Å²) >= 11 is 0. The van der Waals surface area contributed by atoms with Crippen LogP contribution in [0.5, 0.6) is 5.75 Å². The highest BCUT2D eigenvalue weighted by molar-refractivity contribution is 5.87. The van der Waals surface area contributed by atoms with Gasteiger partial charge in [0.15, 0.2) is 0 Å². The zero-order valence-corrected chi connectivity index (χ0v) is 9.03. The summed E-state index contributed by atoms with van der Waals surface area (Å²) < 4.78 is 7.19. The summed E-state index contributed by atoms with van der Waals surface area (Å²) in [5.74, 6) is 0.800. The average molecular weight is 205 g/mol. The molecule has 0 radical (unpaired) electrons. The molecular formula is C11H15N3O. The van der Waals surface area contributed by atoms with Crippen LogP contribution in [0.1, 0.15) is 12.6 Å². The normalized spacial score (nSPS) is 10.9. The first-order chi connectivity index (χ1) is 7.31. The van der Waals surface area contributed by atoms with Crippen molar-refractivity contribution in [2.45, 2.75) is 20.0 Å². The van der Waals surface area contributed by atoms with Gasteiger partial charge in [-0.15, -0.1) is 0 Å². The Kier molecular flexibility index (Phi) is 2.60. The maximum Gasteiger partial charge on any atom is 0.146 e. The number of nitrogens with two attached hydrogens (primary N) is 1. The van der Waals surface area contributed by atoms with Crippen LogP contribution in [0, 0.1) is 0 Å². The van der Waals surface area contributed by atoms with Crippen LogP contribution in [-0.4, -0.2) is 16.9 Å². The second-order valence-corrected chi connectivity index (χ2v) is 3.32. The van der Waals surface area contributed by atoms with Crippen molar-refractivity contribution in [3.8, 4) is 5.75 Å². The second-order valence-electron chi connectivity index (χ2n) is 3.32. The minimum absolute atomic E-state index is 0.498. The molecule has 0 saturated heterocycles. The Bertz CT molecular complexity index is 476. The van der Waals surface area contributed by atoms with Gasteiger partial charge in [0.2, 0.25) is 0 Å². The van der Waals surface area contributed by atoms with E-state index in [0.717, 1.165) is 28.9 Å². The van der Waals surface area contributed by atoms with Gasteiger partial charge in [-0.2, -0.15) is 5.10 Å². The predicted molar refractivity (Wildman–Crippen MR) is 59.9 cm³/mol. The number of benzene rings is 1. The lowest BCUT2D eigenvalue weighted by molar-refractivity contribution is 0.418. The topological polar surface area (TPSA) is 53.1 Å². The van der Waals surface area contributed by atoms with E-state index in [4.69, 9.17) is 10.5 Å². The number of hydrogen-bond donors (Lipinski definition) is 1. The molecular weight excluding hydrogens is 190 g/mol. The summed E-state index contributed by atoms with van der Waals surface area (Å²) in [6.07, 6.45) is 0. The van der Waals surface area contributed by atoms with Gasteiger partial charge in [0, 0.05) is 18.5 Å². The fraction of sp³-hybridized carbons (Fsp3) is 0.364. The van der Waals surface area contributed by atoms with Crippen LogP contribution in [-0.2, 0) is 13.1 Å². The van der Waals surface area contributed by atoms with Crippen molar-refractivity contribution in [2.24, 2.45) is 5.73 Å². The van der Waals surface area contributed by atoms with Crippen LogP contribution in [0.15, 0.2) is 18.2 Å². The molecule has 0 bridgehead atoms. The number of ether oxygens (including phenoxy) is 1. The Morgan fingerprint density at radius 2 is 2.27 bits per heavy atom. The van der Waals surface area contributed by atoms with Crippen molar-refractivity contribution >= 4 is 10.9 Å². The molecule has 0 saturated carbocycles. The molecule has 0 atom stereocenters. The van der Waals surface area contributed by atoms with E-state index in [1.54, 1.807) is 7.11 Å². The molecule has 2 N–H and O–H groups in total. The monoisotopic (exact) mass is 205 g/mol. The average Bonchev–Trinajstić information content (AvgIpc) is 2.66. The molecule has 1 heterocycles. The molecule has 0 aliphatic carbocycles. The quantitative estimate of drug-likeness (QED) is 0.826. The van der Waals surface area contributed by atoms with E-state index in [1.165, 1.54) is 0 Å². The standard InChI is InChI=1S/C11H15N3O/c1-3-14-9(7-12)8-5-4-6-10(15-2)11(8)13-14/h4-6H,3,7,12H2,1-2H3. The van der Waals surface area contributed by atoms with E-state index in [0.29, 0.717) is 6.54 Å². The van der Waals surface area contributed by atoms with Crippen LogP contribution >= 0.6 is 0 Å². The highest BCUT2D eigenvalue weighted by Gasteiger charge is 2.11. The zero-order chi connectivity index (χ0) is 10.8. The zero-order valence-electron chi connectivity index (χ0n) is 9.03. The molecule has 0 aliphatic rings. The van der Waals surface area contributed by atoms with E-state index >= 15 is 0 Å². The van der Waals surface area contributed by atoms with Crippen LogP contribution < -0.4 is 10.5 Å². The van der Waals surface area contributed by atoms with E-state index < -0.39 is 0 Å². The van der Waals surface area contributed by atoms with E-state index in [-0.39, 0.29) is 0 Å². The Balaban J connectivity index is 2.75. The van der Waals surface area contributed by atoms with Crippen molar-refractivity contribution in [2.75, 3.05) is 7.11 Å². The van der Waals surface area contributed by atoms with Gasteiger partial charge in [0.1, 0.15) is 11.3 Å². The molecule has 80 valence electrons. The lowest BCUT2D eigenvalue weighted by Crippen LogP contribution is -2.07. The first-order valence-electron chi connectivity index (χ1n) is 5.04. The molecule has 0 unspecified atom stereocenters. The maximum absolute atomic E-state index is 5.73. The van der Waals surface area contributed by atoms with Gasteiger partial charge in [-0.05, 0) is 13.0 Å². The molecule has 2 aromatic rings. The highest BCUT2D eigenvalue weighted by atomic mass is 16.5. The second kappa shape index (κ2) is 3.90. The van der Waals surface area contributed by atoms with Crippen LogP contribution in [0.4, 0.5) is 0 Å². The highest BCUT2D eigenvalue weighted by Crippen LogP contribution is 2.26. The fourth-order valence-electron chi connectivity index (χ4n) is 1.82. The van der Waals surface area contributed by atoms with Gasteiger partial charge >= 0.3 is 0 Å². The first-order valence-corrected chi connectivity index (χ1v) is 5.04. The molecule has 4 nitrogen and oxygen atoms in total. The molecule has 0 aliphatic heterocycles.